The number of aryl methyl sites for hydroxylation is 2. The summed E-state index contributed by atoms with van der Waals surface area (Å²) in [5.41, 5.74) is 3.13. The summed E-state index contributed by atoms with van der Waals surface area (Å²) in [6.07, 6.45) is 5.20. The minimum absolute atomic E-state index is 0.0750. The molecule has 0 aliphatic heterocycles. The van der Waals surface area contributed by atoms with Crippen LogP contribution in [0.5, 0.6) is 0 Å². The van der Waals surface area contributed by atoms with E-state index in [9.17, 15) is 9.90 Å². The first-order chi connectivity index (χ1) is 16.0. The van der Waals surface area contributed by atoms with E-state index in [1.165, 1.54) is 5.56 Å². The van der Waals surface area contributed by atoms with Crippen LogP contribution in [0.15, 0.2) is 28.7 Å². The van der Waals surface area contributed by atoms with E-state index in [-0.39, 0.29) is 17.4 Å². The number of carboxylic acids is 1. The largest absolute Gasteiger partial charge is 0.480 e. The number of carboxylic acid groups (broad SMARTS) is 1. The molecule has 1 aliphatic rings. The molecule has 0 spiro atoms. The molecular weight excluding hydrogens is 428 g/mol. The minimum Gasteiger partial charge on any atom is -0.480 e. The van der Waals surface area contributed by atoms with Gasteiger partial charge >= 0.3 is 5.97 Å². The van der Waals surface area contributed by atoms with Gasteiger partial charge in [0.05, 0.1) is 12.7 Å². The molecular formula is C28H42N2O4. The molecule has 0 bridgehead atoms. The Bertz CT molecular complexity index is 929. The molecule has 34 heavy (non-hydrogen) atoms. The molecule has 1 fully saturated rings. The lowest BCUT2D eigenvalue weighted by Gasteiger charge is -2.32. The van der Waals surface area contributed by atoms with Gasteiger partial charge in [-0.3, -0.25) is 4.79 Å². The Morgan fingerprint density at radius 2 is 1.94 bits per heavy atom. The number of hydrogen-bond acceptors (Lipinski definition) is 5. The molecule has 1 saturated carbocycles. The minimum atomic E-state index is -0.758. The predicted molar refractivity (Wildman–Crippen MR) is 135 cm³/mol. The molecule has 188 valence electrons. The van der Waals surface area contributed by atoms with Gasteiger partial charge in [0.15, 0.2) is 0 Å². The Balaban J connectivity index is 1.51. The van der Waals surface area contributed by atoms with Crippen LogP contribution in [0.3, 0.4) is 0 Å². The van der Waals surface area contributed by atoms with Gasteiger partial charge in [0, 0.05) is 5.56 Å². The van der Waals surface area contributed by atoms with E-state index in [1.54, 1.807) is 0 Å². The Kier molecular flexibility index (Phi) is 8.94. The third kappa shape index (κ3) is 7.67. The van der Waals surface area contributed by atoms with Crippen LogP contribution >= 0.6 is 0 Å². The number of nitrogens with one attached hydrogen (secondary N) is 1. The zero-order chi connectivity index (χ0) is 24.9. The second-order valence-electron chi connectivity index (χ2n) is 11.3. The Labute approximate surface area is 204 Å². The van der Waals surface area contributed by atoms with Gasteiger partial charge in [-0.15, -0.1) is 0 Å². The van der Waals surface area contributed by atoms with Gasteiger partial charge in [-0.25, -0.2) is 4.98 Å². The lowest BCUT2D eigenvalue weighted by Crippen LogP contribution is -2.45. The number of benzene rings is 1. The average Bonchev–Trinajstić information content (AvgIpc) is 3.12. The van der Waals surface area contributed by atoms with E-state index < -0.39 is 12.0 Å². The van der Waals surface area contributed by atoms with Crippen LogP contribution in [0.25, 0.3) is 11.5 Å². The molecule has 3 rings (SSSR count). The molecule has 0 amide bonds. The number of rotatable bonds is 10. The first-order valence-electron chi connectivity index (χ1n) is 12.6. The van der Waals surface area contributed by atoms with Gasteiger partial charge in [-0.2, -0.15) is 0 Å². The maximum Gasteiger partial charge on any atom is 0.320 e. The van der Waals surface area contributed by atoms with Crippen molar-refractivity contribution in [2.45, 2.75) is 92.4 Å². The molecule has 1 aromatic carbocycles. The fraction of sp³-hybridized carbons (Fsp3) is 0.643. The summed E-state index contributed by atoms with van der Waals surface area (Å²) in [5.74, 6) is 1.16. The highest BCUT2D eigenvalue weighted by Gasteiger charge is 2.30. The van der Waals surface area contributed by atoms with Gasteiger partial charge in [0.1, 0.15) is 17.5 Å². The Morgan fingerprint density at radius 3 is 2.59 bits per heavy atom. The van der Waals surface area contributed by atoms with Crippen molar-refractivity contribution in [3.8, 4) is 11.5 Å². The summed E-state index contributed by atoms with van der Waals surface area (Å²) < 4.78 is 12.1. The summed E-state index contributed by atoms with van der Waals surface area (Å²) >= 11 is 0. The second kappa shape index (κ2) is 11.5. The fourth-order valence-corrected chi connectivity index (χ4v) is 5.07. The molecule has 4 atom stereocenters. The van der Waals surface area contributed by atoms with Crippen LogP contribution in [0.4, 0.5) is 0 Å². The van der Waals surface area contributed by atoms with E-state index >= 15 is 0 Å². The third-order valence-corrected chi connectivity index (χ3v) is 6.78. The Hall–Kier alpha value is -2.18. The number of hydrogen-bond donors (Lipinski definition) is 2. The molecule has 1 aromatic heterocycles. The van der Waals surface area contributed by atoms with Crippen LogP contribution in [0.2, 0.25) is 0 Å². The summed E-state index contributed by atoms with van der Waals surface area (Å²) in [7, 11) is 0. The summed E-state index contributed by atoms with van der Waals surface area (Å²) in [5, 5.41) is 13.1. The average molecular weight is 471 g/mol. The van der Waals surface area contributed by atoms with Crippen LogP contribution in [-0.4, -0.2) is 34.8 Å². The normalized spacial score (nSPS) is 20.8. The van der Waals surface area contributed by atoms with Gasteiger partial charge in [-0.05, 0) is 75.5 Å². The third-order valence-electron chi connectivity index (χ3n) is 6.78. The standard InChI is InChI=1S/C28H42N2O4/c1-18-10-12-22(13-11-18)26-30-24(20(3)34-26)17-33-23-9-7-8-21(14-23)16-29-25(27(31)32)19(2)15-28(4,5)6/h10-13,19,21,23,25,29H,7-9,14-17H2,1-6H3,(H,31,32). The molecule has 6 nitrogen and oxygen atoms in total. The van der Waals surface area contributed by atoms with Crippen molar-refractivity contribution in [2.24, 2.45) is 17.3 Å². The van der Waals surface area contributed by atoms with E-state index in [1.807, 2.05) is 26.0 Å². The lowest BCUT2D eigenvalue weighted by molar-refractivity contribution is -0.141. The van der Waals surface area contributed by atoms with Crippen molar-refractivity contribution in [3.05, 3.63) is 41.3 Å². The zero-order valence-electron chi connectivity index (χ0n) is 21.7. The van der Waals surface area contributed by atoms with Crippen molar-refractivity contribution in [1.82, 2.24) is 10.3 Å². The Morgan fingerprint density at radius 1 is 1.24 bits per heavy atom. The topological polar surface area (TPSA) is 84.6 Å². The van der Waals surface area contributed by atoms with Crippen molar-refractivity contribution in [1.29, 1.82) is 0 Å². The van der Waals surface area contributed by atoms with Gasteiger partial charge in [-0.1, -0.05) is 51.8 Å². The molecule has 4 unspecified atom stereocenters. The van der Waals surface area contributed by atoms with Gasteiger partial charge in [0.2, 0.25) is 5.89 Å². The van der Waals surface area contributed by atoms with Crippen LogP contribution in [-0.2, 0) is 16.1 Å². The highest BCUT2D eigenvalue weighted by Crippen LogP contribution is 2.30. The second-order valence-corrected chi connectivity index (χ2v) is 11.3. The van der Waals surface area contributed by atoms with Gasteiger partial charge < -0.3 is 19.6 Å². The van der Waals surface area contributed by atoms with Crippen LogP contribution in [0, 0.1) is 31.1 Å². The van der Waals surface area contributed by atoms with Crippen molar-refractivity contribution >= 4 is 5.97 Å². The van der Waals surface area contributed by atoms with Crippen LogP contribution in [0.1, 0.15) is 76.8 Å². The molecule has 0 radical (unpaired) electrons. The van der Waals surface area contributed by atoms with Crippen molar-refractivity contribution in [3.63, 3.8) is 0 Å². The van der Waals surface area contributed by atoms with E-state index in [4.69, 9.17) is 9.15 Å². The number of oxazole rings is 1. The molecule has 6 heteroatoms. The molecule has 2 aromatic rings. The maximum atomic E-state index is 11.9. The number of nitrogens with zero attached hydrogens (tertiary/aromatic N) is 1. The maximum absolute atomic E-state index is 11.9. The lowest BCUT2D eigenvalue weighted by atomic mass is 9.81. The van der Waals surface area contributed by atoms with E-state index in [0.29, 0.717) is 25.0 Å². The monoisotopic (exact) mass is 470 g/mol. The first kappa shape index (κ1) is 26.4. The van der Waals surface area contributed by atoms with E-state index in [0.717, 1.165) is 49.1 Å². The fourth-order valence-electron chi connectivity index (χ4n) is 5.07. The molecule has 1 aliphatic carbocycles. The summed E-state index contributed by atoms with van der Waals surface area (Å²) in [4.78, 5) is 16.5. The van der Waals surface area contributed by atoms with Crippen molar-refractivity contribution in [2.75, 3.05) is 6.54 Å². The van der Waals surface area contributed by atoms with E-state index in [2.05, 4.69) is 50.1 Å². The summed E-state index contributed by atoms with van der Waals surface area (Å²) in [6.45, 7) is 13.7. The number of aliphatic carboxylic acids is 1. The number of ether oxygens (including phenoxy) is 1. The summed E-state index contributed by atoms with van der Waals surface area (Å²) in [6, 6.07) is 7.64. The van der Waals surface area contributed by atoms with Crippen LogP contribution < -0.4 is 5.32 Å². The van der Waals surface area contributed by atoms with Gasteiger partial charge in [0.25, 0.3) is 0 Å². The van der Waals surface area contributed by atoms with Crippen molar-refractivity contribution < 1.29 is 19.1 Å². The highest BCUT2D eigenvalue weighted by molar-refractivity contribution is 5.73. The zero-order valence-corrected chi connectivity index (χ0v) is 21.7. The smallest absolute Gasteiger partial charge is 0.320 e. The highest BCUT2D eigenvalue weighted by atomic mass is 16.5. The quantitative estimate of drug-likeness (QED) is 0.433. The number of carbonyl (C=O) groups is 1. The SMILES string of the molecule is Cc1ccc(-c2nc(COC3CCCC(CNC(C(=O)O)C(C)CC(C)(C)C)C3)c(C)o2)cc1. The molecule has 1 heterocycles. The predicted octanol–water partition coefficient (Wildman–Crippen LogP) is 6.15. The first-order valence-corrected chi connectivity index (χ1v) is 12.6. The molecule has 2 N–H and O–H groups in total. The number of aromatic nitrogens is 1. The molecule has 0 saturated heterocycles.